The minimum absolute atomic E-state index is 0.383. The van der Waals surface area contributed by atoms with E-state index >= 15 is 0 Å². The number of rotatable bonds is 2. The molecule has 1 aromatic heterocycles. The van der Waals surface area contributed by atoms with Gasteiger partial charge in [0, 0.05) is 25.0 Å². The summed E-state index contributed by atoms with van der Waals surface area (Å²) < 4.78 is 0. The molecule has 1 aliphatic rings. The highest BCUT2D eigenvalue weighted by atomic mass is 32.1. The second kappa shape index (κ2) is 3.97. The molecule has 0 saturated heterocycles. The number of hydrogen-bond donors (Lipinski definition) is 2. The molecule has 16 heavy (non-hydrogen) atoms. The first-order valence-electron chi connectivity index (χ1n) is 5.33. The van der Waals surface area contributed by atoms with E-state index in [2.05, 4.69) is 19.2 Å². The summed E-state index contributed by atoms with van der Waals surface area (Å²) in [6.07, 6.45) is 0. The van der Waals surface area contributed by atoms with Gasteiger partial charge in [-0.1, -0.05) is 13.8 Å². The van der Waals surface area contributed by atoms with Crippen LogP contribution < -0.4 is 10.2 Å². The van der Waals surface area contributed by atoms with Crippen LogP contribution in [0.3, 0.4) is 0 Å². The smallest absolute Gasteiger partial charge is 0.348 e. The van der Waals surface area contributed by atoms with Crippen LogP contribution >= 0.6 is 11.3 Å². The number of hydrogen-bond acceptors (Lipinski definition) is 4. The van der Waals surface area contributed by atoms with Crippen LogP contribution in [-0.2, 0) is 0 Å². The zero-order valence-corrected chi connectivity index (χ0v) is 10.5. The Hall–Kier alpha value is -1.23. The third kappa shape index (κ3) is 1.75. The molecule has 0 aromatic carbocycles. The van der Waals surface area contributed by atoms with Gasteiger partial charge in [-0.25, -0.2) is 4.79 Å². The summed E-state index contributed by atoms with van der Waals surface area (Å²) in [6, 6.07) is 0.383. The second-order valence-electron chi connectivity index (χ2n) is 4.51. The lowest BCUT2D eigenvalue weighted by Crippen LogP contribution is -2.42. The van der Waals surface area contributed by atoms with Crippen molar-refractivity contribution in [3.05, 3.63) is 10.3 Å². The van der Waals surface area contributed by atoms with Crippen LogP contribution in [0.5, 0.6) is 0 Å². The van der Waals surface area contributed by atoms with Gasteiger partial charge < -0.3 is 15.3 Å². The fourth-order valence-electron chi connectivity index (χ4n) is 1.99. The first kappa shape index (κ1) is 11.3. The zero-order valence-electron chi connectivity index (χ0n) is 9.65. The van der Waals surface area contributed by atoms with Gasteiger partial charge in [-0.15, -0.1) is 11.3 Å². The van der Waals surface area contributed by atoms with E-state index in [1.165, 1.54) is 11.3 Å². The largest absolute Gasteiger partial charge is 0.477 e. The van der Waals surface area contributed by atoms with Crippen molar-refractivity contribution in [2.45, 2.75) is 19.9 Å². The van der Waals surface area contributed by atoms with Crippen LogP contribution in [0.15, 0.2) is 5.38 Å². The molecule has 2 rings (SSSR count). The molecular weight excluding hydrogens is 224 g/mol. The zero-order chi connectivity index (χ0) is 11.9. The number of nitrogens with zero attached hydrogens (tertiary/aromatic N) is 1. The Kier molecular flexibility index (Phi) is 2.80. The summed E-state index contributed by atoms with van der Waals surface area (Å²) in [5.41, 5.74) is 1.78. The Balaban J connectivity index is 2.36. The lowest BCUT2D eigenvalue weighted by atomic mass is 10.0. The first-order valence-corrected chi connectivity index (χ1v) is 6.21. The average Bonchev–Trinajstić information content (AvgIpc) is 2.61. The van der Waals surface area contributed by atoms with Gasteiger partial charge in [-0.3, -0.25) is 0 Å². The van der Waals surface area contributed by atoms with Crippen LogP contribution in [0.4, 0.5) is 11.4 Å². The molecule has 2 heterocycles. The van der Waals surface area contributed by atoms with Crippen LogP contribution in [-0.4, -0.2) is 30.7 Å². The number of carboxylic acids is 1. The standard InChI is InChI=1S/C11H16N2O2S/c1-6(2)7-4-13(3)9-8(12-7)5-16-10(9)11(14)15/h5-7,12H,4H2,1-3H3,(H,14,15). The number of nitrogens with one attached hydrogen (secondary N) is 1. The van der Waals surface area contributed by atoms with Crippen molar-refractivity contribution in [3.63, 3.8) is 0 Å². The Morgan fingerprint density at radius 1 is 1.69 bits per heavy atom. The first-order chi connectivity index (χ1) is 7.50. The molecule has 1 atom stereocenters. The third-order valence-electron chi connectivity index (χ3n) is 2.96. The van der Waals surface area contributed by atoms with E-state index in [0.29, 0.717) is 16.8 Å². The molecule has 88 valence electrons. The number of likely N-dealkylation sites (N-methyl/N-ethyl adjacent to an activating group) is 1. The molecule has 4 nitrogen and oxygen atoms in total. The van der Waals surface area contributed by atoms with Crippen molar-refractivity contribution in [1.82, 2.24) is 0 Å². The maximum atomic E-state index is 11.1. The minimum atomic E-state index is -0.845. The summed E-state index contributed by atoms with van der Waals surface area (Å²) in [4.78, 5) is 13.5. The minimum Gasteiger partial charge on any atom is -0.477 e. The molecule has 0 aliphatic carbocycles. The number of aromatic carboxylic acids is 1. The summed E-state index contributed by atoms with van der Waals surface area (Å²) in [7, 11) is 1.95. The molecular formula is C11H16N2O2S. The molecule has 1 aliphatic heterocycles. The quantitative estimate of drug-likeness (QED) is 0.833. The molecule has 0 spiro atoms. The molecule has 0 amide bonds. The van der Waals surface area contributed by atoms with Crippen molar-refractivity contribution in [2.75, 3.05) is 23.8 Å². The maximum Gasteiger partial charge on any atom is 0.348 e. The molecule has 0 radical (unpaired) electrons. The van der Waals surface area contributed by atoms with Gasteiger partial charge in [0.1, 0.15) is 4.88 Å². The van der Waals surface area contributed by atoms with Crippen molar-refractivity contribution >= 4 is 28.7 Å². The van der Waals surface area contributed by atoms with Gasteiger partial charge in [0.25, 0.3) is 0 Å². The highest BCUT2D eigenvalue weighted by molar-refractivity contribution is 7.13. The van der Waals surface area contributed by atoms with E-state index in [-0.39, 0.29) is 0 Å². The van der Waals surface area contributed by atoms with Gasteiger partial charge in [-0.2, -0.15) is 0 Å². The topological polar surface area (TPSA) is 52.6 Å². The van der Waals surface area contributed by atoms with Crippen molar-refractivity contribution in [2.24, 2.45) is 5.92 Å². The summed E-state index contributed by atoms with van der Waals surface area (Å²) >= 11 is 1.29. The van der Waals surface area contributed by atoms with E-state index in [9.17, 15) is 4.79 Å². The van der Waals surface area contributed by atoms with E-state index in [4.69, 9.17) is 5.11 Å². The number of fused-ring (bicyclic) bond motifs is 1. The SMILES string of the molecule is CC(C)C1CN(C)c2c(csc2C(=O)O)N1. The fraction of sp³-hybridized carbons (Fsp3) is 0.545. The van der Waals surface area contributed by atoms with Crippen molar-refractivity contribution < 1.29 is 9.90 Å². The van der Waals surface area contributed by atoms with Crippen LogP contribution in [0.25, 0.3) is 0 Å². The second-order valence-corrected chi connectivity index (χ2v) is 5.39. The predicted octanol–water partition coefficient (Wildman–Crippen LogP) is 2.33. The summed E-state index contributed by atoms with van der Waals surface area (Å²) in [5.74, 6) is -0.313. The Bertz CT molecular complexity index is 414. The van der Waals surface area contributed by atoms with Gasteiger partial charge in [0.05, 0.1) is 11.4 Å². The van der Waals surface area contributed by atoms with E-state index in [1.807, 2.05) is 17.3 Å². The maximum absolute atomic E-state index is 11.1. The number of anilines is 2. The van der Waals surface area contributed by atoms with Gasteiger partial charge in [0.2, 0.25) is 0 Å². The number of carbonyl (C=O) groups is 1. The van der Waals surface area contributed by atoms with Crippen molar-refractivity contribution in [1.29, 1.82) is 0 Å². The molecule has 1 unspecified atom stereocenters. The van der Waals surface area contributed by atoms with E-state index in [1.54, 1.807) is 0 Å². The van der Waals surface area contributed by atoms with Crippen molar-refractivity contribution in [3.8, 4) is 0 Å². The third-order valence-corrected chi connectivity index (χ3v) is 3.91. The van der Waals surface area contributed by atoms with E-state index in [0.717, 1.165) is 17.9 Å². The highest BCUT2D eigenvalue weighted by Gasteiger charge is 2.29. The van der Waals surface area contributed by atoms with Crippen LogP contribution in [0.2, 0.25) is 0 Å². The normalized spacial score (nSPS) is 19.5. The molecule has 0 bridgehead atoms. The molecule has 0 fully saturated rings. The van der Waals surface area contributed by atoms with Crippen LogP contribution in [0, 0.1) is 5.92 Å². The van der Waals surface area contributed by atoms with E-state index < -0.39 is 5.97 Å². The lowest BCUT2D eigenvalue weighted by Gasteiger charge is -2.35. The Labute approximate surface area is 98.9 Å². The monoisotopic (exact) mass is 240 g/mol. The highest BCUT2D eigenvalue weighted by Crippen LogP contribution is 2.39. The molecule has 5 heteroatoms. The van der Waals surface area contributed by atoms with Gasteiger partial charge in [-0.05, 0) is 5.92 Å². The Morgan fingerprint density at radius 3 is 2.94 bits per heavy atom. The summed E-state index contributed by atoms with van der Waals surface area (Å²) in [6.45, 7) is 5.18. The Morgan fingerprint density at radius 2 is 2.38 bits per heavy atom. The number of carboxylic acid groups (broad SMARTS) is 1. The van der Waals surface area contributed by atoms with Gasteiger partial charge in [0.15, 0.2) is 0 Å². The average molecular weight is 240 g/mol. The fourth-order valence-corrected chi connectivity index (χ4v) is 2.89. The predicted molar refractivity (Wildman–Crippen MR) is 66.8 cm³/mol. The molecule has 0 saturated carbocycles. The lowest BCUT2D eigenvalue weighted by molar-refractivity contribution is 0.0702. The number of thiophene rings is 1. The molecule has 2 N–H and O–H groups in total. The van der Waals surface area contributed by atoms with Crippen LogP contribution in [0.1, 0.15) is 23.5 Å². The summed E-state index contributed by atoms with van der Waals surface area (Å²) in [5, 5.41) is 14.4. The molecule has 1 aromatic rings. The van der Waals surface area contributed by atoms with Gasteiger partial charge >= 0.3 is 5.97 Å².